The van der Waals surface area contributed by atoms with Gasteiger partial charge < -0.3 is 0 Å². The fourth-order valence-electron chi connectivity index (χ4n) is 5.14. The second kappa shape index (κ2) is 7.50. The molecule has 0 saturated heterocycles. The lowest BCUT2D eigenvalue weighted by Crippen LogP contribution is -1.94. The SMILES string of the molecule is c1ccc(-c2c3ccccc3nc3c2ccc2c(-c4ccccc4)c4ccccc4nc23)cc1. The Labute approximate surface area is 197 Å². The third kappa shape index (κ3) is 2.82. The molecule has 0 saturated carbocycles. The van der Waals surface area contributed by atoms with E-state index >= 15 is 0 Å². The molecule has 0 bridgehead atoms. The van der Waals surface area contributed by atoms with E-state index in [0.29, 0.717) is 0 Å². The van der Waals surface area contributed by atoms with Gasteiger partial charge in [-0.3, -0.25) is 0 Å². The largest absolute Gasteiger partial charge is 0.245 e. The minimum atomic E-state index is 0.943. The van der Waals surface area contributed by atoms with Crippen LogP contribution in [0.1, 0.15) is 0 Å². The van der Waals surface area contributed by atoms with E-state index in [0.717, 1.165) is 43.6 Å². The number of benzene rings is 5. The maximum absolute atomic E-state index is 5.17. The van der Waals surface area contributed by atoms with E-state index in [4.69, 9.17) is 9.97 Å². The maximum atomic E-state index is 5.17. The predicted molar refractivity (Wildman–Crippen MR) is 143 cm³/mol. The highest BCUT2D eigenvalue weighted by atomic mass is 14.8. The normalized spacial score (nSPS) is 11.5. The van der Waals surface area contributed by atoms with Crippen molar-refractivity contribution < 1.29 is 0 Å². The third-order valence-corrected chi connectivity index (χ3v) is 6.63. The fourth-order valence-corrected chi connectivity index (χ4v) is 5.14. The zero-order valence-corrected chi connectivity index (χ0v) is 18.4. The Kier molecular flexibility index (Phi) is 4.18. The van der Waals surface area contributed by atoms with E-state index in [-0.39, 0.29) is 0 Å². The van der Waals surface area contributed by atoms with Crippen LogP contribution in [0, 0.1) is 0 Å². The Bertz CT molecular complexity index is 1700. The molecule has 0 aliphatic rings. The lowest BCUT2D eigenvalue weighted by molar-refractivity contribution is 1.46. The van der Waals surface area contributed by atoms with Gasteiger partial charge in [0.2, 0.25) is 0 Å². The smallest absolute Gasteiger partial charge is 0.0979 e. The molecule has 0 aliphatic carbocycles. The summed E-state index contributed by atoms with van der Waals surface area (Å²) in [5.41, 5.74) is 8.65. The number of para-hydroxylation sites is 2. The zero-order valence-electron chi connectivity index (χ0n) is 18.4. The quantitative estimate of drug-likeness (QED) is 0.202. The molecule has 2 nitrogen and oxygen atoms in total. The number of hydrogen-bond donors (Lipinski definition) is 0. The van der Waals surface area contributed by atoms with Gasteiger partial charge in [-0.15, -0.1) is 0 Å². The van der Waals surface area contributed by atoms with Crippen molar-refractivity contribution in [1.29, 1.82) is 0 Å². The van der Waals surface area contributed by atoms with E-state index in [1.165, 1.54) is 22.3 Å². The monoisotopic (exact) mass is 432 g/mol. The molecule has 7 aromatic rings. The number of nitrogens with zero attached hydrogens (tertiary/aromatic N) is 2. The summed E-state index contributed by atoms with van der Waals surface area (Å²) in [7, 11) is 0. The van der Waals surface area contributed by atoms with Gasteiger partial charge in [0.1, 0.15) is 0 Å². The van der Waals surface area contributed by atoms with Crippen LogP contribution in [0.3, 0.4) is 0 Å². The molecule has 34 heavy (non-hydrogen) atoms. The van der Waals surface area contributed by atoms with Crippen LogP contribution < -0.4 is 0 Å². The molecule has 2 heteroatoms. The molecule has 2 heterocycles. The summed E-state index contributed by atoms with van der Waals surface area (Å²) in [5.74, 6) is 0. The first kappa shape index (κ1) is 19.0. The van der Waals surface area contributed by atoms with Crippen LogP contribution in [0.5, 0.6) is 0 Å². The zero-order chi connectivity index (χ0) is 22.5. The summed E-state index contributed by atoms with van der Waals surface area (Å²) in [6, 6.07) is 42.4. The Morgan fingerprint density at radius 1 is 0.324 bits per heavy atom. The summed E-state index contributed by atoms with van der Waals surface area (Å²) in [4.78, 5) is 10.3. The summed E-state index contributed by atoms with van der Waals surface area (Å²) in [5, 5.41) is 4.56. The molecule has 0 N–H and O–H groups in total. The molecule has 0 spiro atoms. The molecule has 0 atom stereocenters. The minimum Gasteiger partial charge on any atom is -0.245 e. The van der Waals surface area contributed by atoms with Crippen LogP contribution in [0.15, 0.2) is 121 Å². The molecule has 0 aliphatic heterocycles. The Morgan fingerprint density at radius 2 is 0.706 bits per heavy atom. The van der Waals surface area contributed by atoms with E-state index in [9.17, 15) is 0 Å². The molecule has 2 aromatic heterocycles. The highest BCUT2D eigenvalue weighted by Gasteiger charge is 2.17. The lowest BCUT2D eigenvalue weighted by atomic mass is 9.92. The maximum Gasteiger partial charge on any atom is 0.0979 e. The first-order valence-corrected chi connectivity index (χ1v) is 11.5. The van der Waals surface area contributed by atoms with Gasteiger partial charge in [-0.05, 0) is 23.3 Å². The highest BCUT2D eigenvalue weighted by Crippen LogP contribution is 2.41. The van der Waals surface area contributed by atoms with Crippen LogP contribution in [0.25, 0.3) is 65.9 Å². The van der Waals surface area contributed by atoms with Crippen molar-refractivity contribution in [2.24, 2.45) is 0 Å². The lowest BCUT2D eigenvalue weighted by Gasteiger charge is -2.16. The molecular weight excluding hydrogens is 412 g/mol. The van der Waals surface area contributed by atoms with Crippen LogP contribution in [-0.4, -0.2) is 9.97 Å². The minimum absolute atomic E-state index is 0.943. The number of hydrogen-bond acceptors (Lipinski definition) is 2. The summed E-state index contributed by atoms with van der Waals surface area (Å²) >= 11 is 0. The molecule has 7 rings (SSSR count). The predicted octanol–water partition coefficient (Wildman–Crippen LogP) is 8.42. The van der Waals surface area contributed by atoms with Crippen molar-refractivity contribution in [2.45, 2.75) is 0 Å². The molecule has 0 radical (unpaired) electrons. The van der Waals surface area contributed by atoms with Crippen LogP contribution >= 0.6 is 0 Å². The first-order chi connectivity index (χ1) is 16.9. The van der Waals surface area contributed by atoms with Crippen molar-refractivity contribution in [3.8, 4) is 22.3 Å². The molecular formula is C32H20N2. The molecule has 0 amide bonds. The van der Waals surface area contributed by atoms with Crippen LogP contribution in [0.2, 0.25) is 0 Å². The average molecular weight is 433 g/mol. The Hall–Kier alpha value is -4.56. The molecule has 158 valence electrons. The summed E-state index contributed by atoms with van der Waals surface area (Å²) < 4.78 is 0. The first-order valence-electron chi connectivity index (χ1n) is 11.5. The van der Waals surface area contributed by atoms with Gasteiger partial charge in [0.05, 0.1) is 22.1 Å². The topological polar surface area (TPSA) is 25.8 Å². The molecule has 0 unspecified atom stereocenters. The second-order valence-corrected chi connectivity index (χ2v) is 8.60. The van der Waals surface area contributed by atoms with Gasteiger partial charge in [0, 0.05) is 32.7 Å². The highest BCUT2D eigenvalue weighted by molar-refractivity contribution is 6.20. The number of pyridine rings is 2. The average Bonchev–Trinajstić information content (AvgIpc) is 2.91. The third-order valence-electron chi connectivity index (χ3n) is 6.63. The molecule has 0 fully saturated rings. The standard InChI is InChI=1S/C32H20N2/c1-3-11-21(12-4-1)29-23-15-7-9-17-27(23)33-31-25(29)19-20-26-30(22-13-5-2-6-14-22)24-16-8-10-18-28(24)34-32(26)31/h1-20H. The fraction of sp³-hybridized carbons (Fsp3) is 0. The summed E-state index contributed by atoms with van der Waals surface area (Å²) in [6.07, 6.45) is 0. The van der Waals surface area contributed by atoms with Crippen molar-refractivity contribution in [1.82, 2.24) is 9.97 Å². The Morgan fingerprint density at radius 3 is 1.15 bits per heavy atom. The van der Waals surface area contributed by atoms with Gasteiger partial charge in [-0.1, -0.05) is 109 Å². The number of rotatable bonds is 2. The van der Waals surface area contributed by atoms with Crippen molar-refractivity contribution in [3.63, 3.8) is 0 Å². The van der Waals surface area contributed by atoms with Gasteiger partial charge in [-0.2, -0.15) is 0 Å². The van der Waals surface area contributed by atoms with Crippen molar-refractivity contribution >= 4 is 43.6 Å². The van der Waals surface area contributed by atoms with Gasteiger partial charge >= 0.3 is 0 Å². The van der Waals surface area contributed by atoms with E-state index < -0.39 is 0 Å². The number of aromatic nitrogens is 2. The van der Waals surface area contributed by atoms with E-state index in [2.05, 4.69) is 121 Å². The molecule has 5 aromatic carbocycles. The second-order valence-electron chi connectivity index (χ2n) is 8.60. The van der Waals surface area contributed by atoms with E-state index in [1.807, 2.05) is 0 Å². The van der Waals surface area contributed by atoms with Crippen molar-refractivity contribution in [2.75, 3.05) is 0 Å². The van der Waals surface area contributed by atoms with Gasteiger partial charge in [0.25, 0.3) is 0 Å². The van der Waals surface area contributed by atoms with Crippen LogP contribution in [-0.2, 0) is 0 Å². The van der Waals surface area contributed by atoms with Gasteiger partial charge in [0.15, 0.2) is 0 Å². The van der Waals surface area contributed by atoms with Crippen molar-refractivity contribution in [3.05, 3.63) is 121 Å². The summed E-state index contributed by atoms with van der Waals surface area (Å²) in [6.45, 7) is 0. The van der Waals surface area contributed by atoms with E-state index in [1.54, 1.807) is 0 Å². The number of fused-ring (bicyclic) bond motifs is 5. The van der Waals surface area contributed by atoms with Gasteiger partial charge in [-0.25, -0.2) is 9.97 Å². The van der Waals surface area contributed by atoms with Crippen LogP contribution in [0.4, 0.5) is 0 Å². The Balaban J connectivity index is 1.71.